The third-order valence-electron chi connectivity index (χ3n) is 3.30. The normalized spacial score (nSPS) is 11.3. The first-order valence-corrected chi connectivity index (χ1v) is 7.28. The third kappa shape index (κ3) is 3.87. The monoisotopic (exact) mass is 301 g/mol. The van der Waals surface area contributed by atoms with Crippen LogP contribution in [-0.2, 0) is 12.0 Å². The SMILES string of the molecule is CN(C)C(=O)c1ccc(NCc2nc(C(C)(C)C)co2)cc1. The standard InChI is InChI=1S/C17H23N3O2/c1-17(2,3)14-11-22-15(19-14)10-18-13-8-6-12(7-9-13)16(21)20(4)5/h6-9,11,18H,10H2,1-5H3. The van der Waals surface area contributed by atoms with Crippen molar-refractivity contribution < 1.29 is 9.21 Å². The summed E-state index contributed by atoms with van der Waals surface area (Å²) in [5.41, 5.74) is 2.51. The van der Waals surface area contributed by atoms with E-state index in [1.165, 1.54) is 0 Å². The molecule has 2 aromatic rings. The summed E-state index contributed by atoms with van der Waals surface area (Å²) in [6, 6.07) is 7.37. The van der Waals surface area contributed by atoms with Crippen LogP contribution < -0.4 is 5.32 Å². The van der Waals surface area contributed by atoms with Gasteiger partial charge in [-0.15, -0.1) is 0 Å². The first kappa shape index (κ1) is 16.1. The molecule has 0 fully saturated rings. The molecular formula is C17H23N3O2. The van der Waals surface area contributed by atoms with Gasteiger partial charge in [0.2, 0.25) is 5.89 Å². The Morgan fingerprint density at radius 1 is 1.23 bits per heavy atom. The zero-order chi connectivity index (χ0) is 16.3. The van der Waals surface area contributed by atoms with Gasteiger partial charge in [-0.25, -0.2) is 4.98 Å². The molecule has 2 rings (SSSR count). The first-order valence-electron chi connectivity index (χ1n) is 7.28. The van der Waals surface area contributed by atoms with Gasteiger partial charge in [0.1, 0.15) is 6.26 Å². The predicted molar refractivity (Wildman–Crippen MR) is 87.0 cm³/mol. The average molecular weight is 301 g/mol. The van der Waals surface area contributed by atoms with Crippen molar-refractivity contribution in [3.63, 3.8) is 0 Å². The highest BCUT2D eigenvalue weighted by atomic mass is 16.3. The molecule has 1 N–H and O–H groups in total. The molecule has 0 saturated heterocycles. The van der Waals surface area contributed by atoms with E-state index in [0.717, 1.165) is 11.4 Å². The number of nitrogens with zero attached hydrogens (tertiary/aromatic N) is 2. The summed E-state index contributed by atoms with van der Waals surface area (Å²) in [5, 5.41) is 3.24. The van der Waals surface area contributed by atoms with Gasteiger partial charge in [-0.1, -0.05) is 20.8 Å². The molecule has 0 aliphatic carbocycles. The Labute approximate surface area is 131 Å². The fourth-order valence-electron chi connectivity index (χ4n) is 1.90. The molecule has 5 heteroatoms. The van der Waals surface area contributed by atoms with Crippen LogP contribution in [-0.4, -0.2) is 29.9 Å². The van der Waals surface area contributed by atoms with Gasteiger partial charge in [0, 0.05) is 30.8 Å². The summed E-state index contributed by atoms with van der Waals surface area (Å²) in [6.07, 6.45) is 1.70. The van der Waals surface area contributed by atoms with Crippen molar-refractivity contribution in [2.24, 2.45) is 0 Å². The number of benzene rings is 1. The molecule has 1 aromatic carbocycles. The summed E-state index contributed by atoms with van der Waals surface area (Å²) in [6.45, 7) is 6.81. The molecule has 0 bridgehead atoms. The Morgan fingerprint density at radius 3 is 2.36 bits per heavy atom. The van der Waals surface area contributed by atoms with Gasteiger partial charge < -0.3 is 14.6 Å². The smallest absolute Gasteiger partial charge is 0.253 e. The number of hydrogen-bond acceptors (Lipinski definition) is 4. The maximum atomic E-state index is 11.8. The van der Waals surface area contributed by atoms with Gasteiger partial charge >= 0.3 is 0 Å². The minimum absolute atomic E-state index is 0.00549. The molecule has 0 spiro atoms. The number of carbonyl (C=O) groups is 1. The molecule has 0 aliphatic heterocycles. The molecule has 0 saturated carbocycles. The lowest BCUT2D eigenvalue weighted by atomic mass is 9.93. The maximum Gasteiger partial charge on any atom is 0.253 e. The van der Waals surface area contributed by atoms with E-state index in [1.807, 2.05) is 12.1 Å². The lowest BCUT2D eigenvalue weighted by Crippen LogP contribution is -2.21. The lowest BCUT2D eigenvalue weighted by molar-refractivity contribution is 0.0827. The molecule has 5 nitrogen and oxygen atoms in total. The Kier molecular flexibility index (Phi) is 4.54. The summed E-state index contributed by atoms with van der Waals surface area (Å²) in [4.78, 5) is 17.8. The maximum absolute atomic E-state index is 11.8. The quantitative estimate of drug-likeness (QED) is 0.941. The van der Waals surface area contributed by atoms with Gasteiger partial charge in [0.15, 0.2) is 0 Å². The second-order valence-electron chi connectivity index (χ2n) is 6.51. The predicted octanol–water partition coefficient (Wildman–Crippen LogP) is 3.29. The van der Waals surface area contributed by atoms with Gasteiger partial charge in [0.25, 0.3) is 5.91 Å². The van der Waals surface area contributed by atoms with Crippen LogP contribution in [0.5, 0.6) is 0 Å². The number of hydrogen-bond donors (Lipinski definition) is 1. The van der Waals surface area contributed by atoms with E-state index >= 15 is 0 Å². The van der Waals surface area contributed by atoms with Crippen molar-refractivity contribution >= 4 is 11.6 Å². The molecule has 0 radical (unpaired) electrons. The minimum atomic E-state index is -0.0179. The Balaban J connectivity index is 1.97. The van der Waals surface area contributed by atoms with E-state index in [0.29, 0.717) is 18.0 Å². The zero-order valence-electron chi connectivity index (χ0n) is 13.8. The summed E-state index contributed by atoms with van der Waals surface area (Å²) in [5.74, 6) is 0.646. The summed E-state index contributed by atoms with van der Waals surface area (Å²) in [7, 11) is 3.48. The highest BCUT2D eigenvalue weighted by Crippen LogP contribution is 2.21. The molecule has 1 heterocycles. The van der Waals surface area contributed by atoms with E-state index in [4.69, 9.17) is 4.42 Å². The van der Waals surface area contributed by atoms with E-state index in [2.05, 4.69) is 31.1 Å². The molecular weight excluding hydrogens is 278 g/mol. The van der Waals surface area contributed by atoms with Crippen LogP contribution >= 0.6 is 0 Å². The molecule has 1 amide bonds. The zero-order valence-corrected chi connectivity index (χ0v) is 13.8. The second-order valence-corrected chi connectivity index (χ2v) is 6.51. The van der Waals surface area contributed by atoms with E-state index in [9.17, 15) is 4.79 Å². The largest absolute Gasteiger partial charge is 0.447 e. The van der Waals surface area contributed by atoms with E-state index < -0.39 is 0 Å². The van der Waals surface area contributed by atoms with Gasteiger partial charge in [0.05, 0.1) is 12.2 Å². The van der Waals surface area contributed by atoms with Crippen molar-refractivity contribution in [3.8, 4) is 0 Å². The van der Waals surface area contributed by atoms with Crippen LogP contribution in [0.2, 0.25) is 0 Å². The van der Waals surface area contributed by atoms with Crippen LogP contribution in [0.3, 0.4) is 0 Å². The Bertz CT molecular complexity index is 637. The van der Waals surface area contributed by atoms with Crippen molar-refractivity contribution in [1.29, 1.82) is 0 Å². The number of amides is 1. The number of carbonyl (C=O) groups excluding carboxylic acids is 1. The summed E-state index contributed by atoms with van der Waals surface area (Å²) >= 11 is 0. The van der Waals surface area contributed by atoms with E-state index in [1.54, 1.807) is 37.4 Å². The molecule has 22 heavy (non-hydrogen) atoms. The van der Waals surface area contributed by atoms with Crippen LogP contribution in [0, 0.1) is 0 Å². The molecule has 1 aromatic heterocycles. The van der Waals surface area contributed by atoms with Crippen molar-refractivity contribution in [1.82, 2.24) is 9.88 Å². The summed E-state index contributed by atoms with van der Waals surface area (Å²) < 4.78 is 5.47. The molecule has 0 unspecified atom stereocenters. The third-order valence-corrected chi connectivity index (χ3v) is 3.30. The Morgan fingerprint density at radius 2 is 1.86 bits per heavy atom. The molecule has 0 atom stereocenters. The fourth-order valence-corrected chi connectivity index (χ4v) is 1.90. The van der Waals surface area contributed by atoms with Gasteiger partial charge in [-0.3, -0.25) is 4.79 Å². The van der Waals surface area contributed by atoms with Crippen LogP contribution in [0.25, 0.3) is 0 Å². The van der Waals surface area contributed by atoms with Gasteiger partial charge in [-0.2, -0.15) is 0 Å². The number of oxazole rings is 1. The van der Waals surface area contributed by atoms with Crippen molar-refractivity contribution in [3.05, 3.63) is 47.7 Å². The number of rotatable bonds is 4. The van der Waals surface area contributed by atoms with Crippen LogP contribution in [0.4, 0.5) is 5.69 Å². The first-order chi connectivity index (χ1) is 10.3. The Hall–Kier alpha value is -2.30. The fraction of sp³-hybridized carbons (Fsp3) is 0.412. The molecule has 0 aliphatic rings. The second kappa shape index (κ2) is 6.22. The van der Waals surface area contributed by atoms with E-state index in [-0.39, 0.29) is 11.3 Å². The minimum Gasteiger partial charge on any atom is -0.447 e. The average Bonchev–Trinajstić information content (AvgIpc) is 2.94. The van der Waals surface area contributed by atoms with Crippen molar-refractivity contribution in [2.45, 2.75) is 32.7 Å². The van der Waals surface area contributed by atoms with Crippen molar-refractivity contribution in [2.75, 3.05) is 19.4 Å². The lowest BCUT2D eigenvalue weighted by Gasteiger charge is -2.13. The van der Waals surface area contributed by atoms with Crippen LogP contribution in [0.15, 0.2) is 34.9 Å². The number of anilines is 1. The number of aromatic nitrogens is 1. The van der Waals surface area contributed by atoms with Crippen LogP contribution in [0.1, 0.15) is 42.7 Å². The highest BCUT2D eigenvalue weighted by molar-refractivity contribution is 5.94. The highest BCUT2D eigenvalue weighted by Gasteiger charge is 2.18. The number of nitrogens with one attached hydrogen (secondary N) is 1. The molecule has 118 valence electrons. The van der Waals surface area contributed by atoms with Gasteiger partial charge in [-0.05, 0) is 24.3 Å². The topological polar surface area (TPSA) is 58.4 Å².